The predicted molar refractivity (Wildman–Crippen MR) is 115 cm³/mol. The Balaban J connectivity index is 1.34. The molecule has 0 atom stereocenters. The van der Waals surface area contributed by atoms with Crippen molar-refractivity contribution in [3.63, 3.8) is 0 Å². The molecule has 0 saturated carbocycles. The molecule has 30 heavy (non-hydrogen) atoms. The second-order valence-electron chi connectivity index (χ2n) is 7.09. The van der Waals surface area contributed by atoms with E-state index in [1.54, 1.807) is 64.4 Å². The number of hydrogen-bond acceptors (Lipinski definition) is 6. The summed E-state index contributed by atoms with van der Waals surface area (Å²) < 4.78 is 12.3. The summed E-state index contributed by atoms with van der Waals surface area (Å²) in [6, 6.07) is 12.4. The zero-order chi connectivity index (χ0) is 20.9. The lowest BCUT2D eigenvalue weighted by molar-refractivity contribution is -0.134. The van der Waals surface area contributed by atoms with Gasteiger partial charge in [-0.15, -0.1) is 0 Å². The van der Waals surface area contributed by atoms with Gasteiger partial charge >= 0.3 is 0 Å². The maximum atomic E-state index is 12.5. The number of likely N-dealkylation sites (tertiary alicyclic amines) is 1. The molecule has 3 aromatic rings. The molecule has 4 rings (SSSR count). The standard InChI is InChI=1S/C22H23N3O4S/c1-28-18-2-4-19(5-3-18)29-14-22(27)24-11-8-17(9-12-24)25-21(26)7-6-20(23-25)16-10-13-30-15-16/h2-7,10,13,15,17H,8-9,11-12,14H2,1H3. The topological polar surface area (TPSA) is 73.7 Å². The van der Waals surface area contributed by atoms with E-state index in [1.165, 1.54) is 0 Å². The molecule has 0 unspecified atom stereocenters. The van der Waals surface area contributed by atoms with Crippen molar-refractivity contribution < 1.29 is 14.3 Å². The number of carbonyl (C=O) groups excluding carboxylic acids is 1. The number of nitrogens with zero attached hydrogens (tertiary/aromatic N) is 3. The fourth-order valence-corrected chi connectivity index (χ4v) is 4.17. The second-order valence-corrected chi connectivity index (χ2v) is 7.87. The van der Waals surface area contributed by atoms with Crippen LogP contribution in [0.3, 0.4) is 0 Å². The lowest BCUT2D eigenvalue weighted by Crippen LogP contribution is -2.43. The van der Waals surface area contributed by atoms with Crippen LogP contribution in [0.5, 0.6) is 11.5 Å². The Hall–Kier alpha value is -3.13. The molecular weight excluding hydrogens is 402 g/mol. The van der Waals surface area contributed by atoms with Gasteiger partial charge in [0.25, 0.3) is 11.5 Å². The maximum absolute atomic E-state index is 12.5. The number of amides is 1. The lowest BCUT2D eigenvalue weighted by Gasteiger charge is -2.32. The van der Waals surface area contributed by atoms with Gasteiger partial charge < -0.3 is 14.4 Å². The van der Waals surface area contributed by atoms with Crippen molar-refractivity contribution in [2.75, 3.05) is 26.8 Å². The quantitative estimate of drug-likeness (QED) is 0.606. The zero-order valence-corrected chi connectivity index (χ0v) is 17.5. The van der Waals surface area contributed by atoms with Crippen LogP contribution in [-0.2, 0) is 4.79 Å². The Labute approximate surface area is 178 Å². The first-order valence-electron chi connectivity index (χ1n) is 9.81. The summed E-state index contributed by atoms with van der Waals surface area (Å²) in [6.45, 7) is 1.14. The van der Waals surface area contributed by atoms with Crippen LogP contribution in [-0.4, -0.2) is 47.4 Å². The molecule has 156 valence electrons. The van der Waals surface area contributed by atoms with Crippen molar-refractivity contribution in [2.24, 2.45) is 0 Å². The van der Waals surface area contributed by atoms with Gasteiger partial charge in [-0.3, -0.25) is 9.59 Å². The minimum absolute atomic E-state index is 0.0111. The van der Waals surface area contributed by atoms with E-state index in [1.807, 2.05) is 16.8 Å². The normalized spacial score (nSPS) is 14.5. The number of thiophene rings is 1. The first kappa shape index (κ1) is 20.2. The van der Waals surface area contributed by atoms with Gasteiger partial charge in [-0.1, -0.05) is 0 Å². The van der Waals surface area contributed by atoms with E-state index in [0.717, 1.165) is 17.0 Å². The highest BCUT2D eigenvalue weighted by atomic mass is 32.1. The van der Waals surface area contributed by atoms with Crippen LogP contribution >= 0.6 is 11.3 Å². The average molecular weight is 426 g/mol. The van der Waals surface area contributed by atoms with E-state index in [0.29, 0.717) is 31.7 Å². The van der Waals surface area contributed by atoms with E-state index in [9.17, 15) is 9.59 Å². The van der Waals surface area contributed by atoms with Crippen LogP contribution in [0.4, 0.5) is 0 Å². The van der Waals surface area contributed by atoms with Gasteiger partial charge in [-0.05, 0) is 54.6 Å². The van der Waals surface area contributed by atoms with Gasteiger partial charge in [-0.2, -0.15) is 16.4 Å². The largest absolute Gasteiger partial charge is 0.497 e. The third-order valence-electron chi connectivity index (χ3n) is 5.23. The van der Waals surface area contributed by atoms with E-state index in [-0.39, 0.29) is 24.1 Å². The first-order valence-corrected chi connectivity index (χ1v) is 10.8. The predicted octanol–water partition coefficient (Wildman–Crippen LogP) is 3.22. The minimum Gasteiger partial charge on any atom is -0.497 e. The van der Waals surface area contributed by atoms with Crippen LogP contribution in [0.2, 0.25) is 0 Å². The summed E-state index contributed by atoms with van der Waals surface area (Å²) in [4.78, 5) is 26.6. The number of carbonyl (C=O) groups is 1. The average Bonchev–Trinajstić information content (AvgIpc) is 3.33. The van der Waals surface area contributed by atoms with E-state index < -0.39 is 0 Å². The third-order valence-corrected chi connectivity index (χ3v) is 5.91. The summed E-state index contributed by atoms with van der Waals surface area (Å²) in [6.07, 6.45) is 1.38. The van der Waals surface area contributed by atoms with Crippen LogP contribution in [0.15, 0.2) is 58.0 Å². The molecule has 0 spiro atoms. The van der Waals surface area contributed by atoms with Gasteiger partial charge in [0.1, 0.15) is 11.5 Å². The molecule has 0 N–H and O–H groups in total. The molecule has 3 heterocycles. The number of hydrogen-bond donors (Lipinski definition) is 0. The van der Waals surface area contributed by atoms with Crippen molar-refractivity contribution in [2.45, 2.75) is 18.9 Å². The van der Waals surface area contributed by atoms with Gasteiger partial charge in [-0.25, -0.2) is 4.68 Å². The molecule has 0 radical (unpaired) electrons. The highest BCUT2D eigenvalue weighted by molar-refractivity contribution is 7.08. The van der Waals surface area contributed by atoms with Gasteiger partial charge in [0, 0.05) is 30.1 Å². The van der Waals surface area contributed by atoms with Gasteiger partial charge in [0.05, 0.1) is 18.8 Å². The molecule has 1 amide bonds. The van der Waals surface area contributed by atoms with Crippen molar-refractivity contribution >= 4 is 17.2 Å². The molecule has 1 saturated heterocycles. The first-order chi connectivity index (χ1) is 14.6. The minimum atomic E-state index is -0.110. The van der Waals surface area contributed by atoms with E-state index in [4.69, 9.17) is 9.47 Å². The van der Waals surface area contributed by atoms with Gasteiger partial charge in [0.15, 0.2) is 6.61 Å². The van der Waals surface area contributed by atoms with Crippen LogP contribution < -0.4 is 15.0 Å². The second kappa shape index (κ2) is 9.13. The monoisotopic (exact) mass is 425 g/mol. The Morgan fingerprint density at radius 1 is 1.10 bits per heavy atom. The maximum Gasteiger partial charge on any atom is 0.267 e. The molecule has 2 aromatic heterocycles. The van der Waals surface area contributed by atoms with Crippen LogP contribution in [0.1, 0.15) is 18.9 Å². The fraction of sp³-hybridized carbons (Fsp3) is 0.318. The molecule has 8 heteroatoms. The van der Waals surface area contributed by atoms with Crippen molar-refractivity contribution in [3.05, 3.63) is 63.6 Å². The Kier molecular flexibility index (Phi) is 6.13. The van der Waals surface area contributed by atoms with Crippen molar-refractivity contribution in [1.29, 1.82) is 0 Å². The molecule has 1 aromatic carbocycles. The number of aromatic nitrogens is 2. The van der Waals surface area contributed by atoms with E-state index >= 15 is 0 Å². The Morgan fingerprint density at radius 3 is 2.50 bits per heavy atom. The number of methoxy groups -OCH3 is 1. The molecule has 1 aliphatic heterocycles. The smallest absolute Gasteiger partial charge is 0.267 e. The molecular formula is C22H23N3O4S. The molecule has 0 bridgehead atoms. The summed E-state index contributed by atoms with van der Waals surface area (Å²) >= 11 is 1.60. The number of ether oxygens (including phenoxy) is 2. The van der Waals surface area contributed by atoms with Crippen molar-refractivity contribution in [1.82, 2.24) is 14.7 Å². The van der Waals surface area contributed by atoms with Crippen LogP contribution in [0.25, 0.3) is 11.3 Å². The van der Waals surface area contributed by atoms with Crippen molar-refractivity contribution in [3.8, 4) is 22.8 Å². The SMILES string of the molecule is COc1ccc(OCC(=O)N2CCC(n3nc(-c4ccsc4)ccc3=O)CC2)cc1. The number of piperidine rings is 1. The number of benzene rings is 1. The Bertz CT molecular complexity index is 1040. The Morgan fingerprint density at radius 2 is 1.83 bits per heavy atom. The fourth-order valence-electron chi connectivity index (χ4n) is 3.52. The molecule has 1 fully saturated rings. The molecule has 1 aliphatic rings. The molecule has 7 nitrogen and oxygen atoms in total. The highest BCUT2D eigenvalue weighted by Gasteiger charge is 2.25. The molecule has 0 aliphatic carbocycles. The summed E-state index contributed by atoms with van der Waals surface area (Å²) in [5.41, 5.74) is 1.70. The highest BCUT2D eigenvalue weighted by Crippen LogP contribution is 2.23. The van der Waals surface area contributed by atoms with E-state index in [2.05, 4.69) is 5.10 Å². The summed E-state index contributed by atoms with van der Waals surface area (Å²) in [5.74, 6) is 1.30. The summed E-state index contributed by atoms with van der Waals surface area (Å²) in [5, 5.41) is 8.58. The third kappa shape index (κ3) is 4.54. The van der Waals surface area contributed by atoms with Gasteiger partial charge in [0.2, 0.25) is 0 Å². The lowest BCUT2D eigenvalue weighted by atomic mass is 10.1. The summed E-state index contributed by atoms with van der Waals surface area (Å²) in [7, 11) is 1.60. The van der Waals surface area contributed by atoms with Crippen LogP contribution in [0, 0.1) is 0 Å². The number of rotatable bonds is 6. The zero-order valence-electron chi connectivity index (χ0n) is 16.7.